The Bertz CT molecular complexity index is 544. The Labute approximate surface area is 169 Å². The van der Waals surface area contributed by atoms with Crippen LogP contribution >= 0.6 is 36.6 Å². The molecule has 0 heterocycles. The lowest BCUT2D eigenvalue weighted by Gasteiger charge is -2.17. The molecule has 10 heteroatoms. The standard InChI is InChI=1S/C16H24F3N3OS.2ClH/c1-3-22(4-2)5-6-24-11-15(23)21-14-8-12(10-20)7-13(9-14)16(17,18)19;;/h7-9H,3-6,10-11,20H2,1-2H3,(H,21,23);2*1H. The molecule has 0 aliphatic heterocycles. The van der Waals surface area contributed by atoms with E-state index in [4.69, 9.17) is 5.73 Å². The van der Waals surface area contributed by atoms with Gasteiger partial charge in [0, 0.05) is 24.5 Å². The Morgan fingerprint density at radius 1 is 1.19 bits per heavy atom. The van der Waals surface area contributed by atoms with Gasteiger partial charge in [-0.1, -0.05) is 13.8 Å². The minimum Gasteiger partial charge on any atom is -0.326 e. The van der Waals surface area contributed by atoms with E-state index in [1.807, 2.05) is 0 Å². The molecule has 0 unspecified atom stereocenters. The van der Waals surface area contributed by atoms with Gasteiger partial charge in [-0.25, -0.2) is 0 Å². The molecule has 0 saturated carbocycles. The fourth-order valence-electron chi connectivity index (χ4n) is 2.14. The molecule has 0 aliphatic rings. The van der Waals surface area contributed by atoms with Crippen LogP contribution in [0.25, 0.3) is 0 Å². The summed E-state index contributed by atoms with van der Waals surface area (Å²) in [6, 6.07) is 3.39. The summed E-state index contributed by atoms with van der Waals surface area (Å²) in [6.45, 7) is 6.91. The molecule has 0 bridgehead atoms. The van der Waals surface area contributed by atoms with Gasteiger partial charge in [0.25, 0.3) is 0 Å². The number of hydrogen-bond donors (Lipinski definition) is 2. The molecule has 26 heavy (non-hydrogen) atoms. The fourth-order valence-corrected chi connectivity index (χ4v) is 2.93. The molecule has 152 valence electrons. The van der Waals surface area contributed by atoms with Crippen molar-refractivity contribution in [3.8, 4) is 0 Å². The average Bonchev–Trinajstić information content (AvgIpc) is 2.53. The Morgan fingerprint density at radius 3 is 2.31 bits per heavy atom. The van der Waals surface area contributed by atoms with Crippen LogP contribution < -0.4 is 11.1 Å². The second kappa shape index (κ2) is 13.5. The third kappa shape index (κ3) is 9.87. The van der Waals surface area contributed by atoms with Gasteiger partial charge in [0.05, 0.1) is 11.3 Å². The summed E-state index contributed by atoms with van der Waals surface area (Å²) >= 11 is 1.46. The Balaban J connectivity index is 0. The number of nitrogens with two attached hydrogens (primary N) is 1. The highest BCUT2D eigenvalue weighted by Crippen LogP contribution is 2.32. The van der Waals surface area contributed by atoms with Crippen molar-refractivity contribution in [2.45, 2.75) is 26.6 Å². The van der Waals surface area contributed by atoms with Crippen LogP contribution in [0.5, 0.6) is 0 Å². The van der Waals surface area contributed by atoms with Crippen molar-refractivity contribution in [1.29, 1.82) is 0 Å². The molecule has 0 aromatic heterocycles. The smallest absolute Gasteiger partial charge is 0.326 e. The number of rotatable bonds is 9. The van der Waals surface area contributed by atoms with Gasteiger partial charge in [-0.3, -0.25) is 4.79 Å². The number of benzene rings is 1. The first-order valence-corrected chi connectivity index (χ1v) is 8.96. The van der Waals surface area contributed by atoms with Gasteiger partial charge in [0.1, 0.15) is 0 Å². The summed E-state index contributed by atoms with van der Waals surface area (Å²) in [5.74, 6) is 0.683. The minimum atomic E-state index is -4.47. The Kier molecular flexibility index (Phi) is 14.3. The van der Waals surface area contributed by atoms with E-state index in [0.29, 0.717) is 5.56 Å². The highest BCUT2D eigenvalue weighted by Gasteiger charge is 2.31. The zero-order chi connectivity index (χ0) is 18.2. The first kappa shape index (κ1) is 27.5. The van der Waals surface area contributed by atoms with Crippen molar-refractivity contribution < 1.29 is 18.0 Å². The molecule has 1 aromatic carbocycles. The van der Waals surface area contributed by atoms with Gasteiger partial charge in [0.2, 0.25) is 5.91 Å². The molecule has 0 saturated heterocycles. The van der Waals surface area contributed by atoms with E-state index >= 15 is 0 Å². The van der Waals surface area contributed by atoms with E-state index < -0.39 is 11.7 Å². The van der Waals surface area contributed by atoms with Crippen LogP contribution in [-0.4, -0.2) is 41.9 Å². The van der Waals surface area contributed by atoms with E-state index in [1.54, 1.807) is 0 Å². The number of nitrogens with zero attached hydrogens (tertiary/aromatic N) is 1. The van der Waals surface area contributed by atoms with Crippen LogP contribution in [0.4, 0.5) is 18.9 Å². The van der Waals surface area contributed by atoms with Gasteiger partial charge in [-0.15, -0.1) is 24.8 Å². The molecular formula is C16H26Cl2F3N3OS. The number of amides is 1. The average molecular weight is 436 g/mol. The predicted octanol–water partition coefficient (Wildman–Crippen LogP) is 4.02. The number of hydrogen-bond acceptors (Lipinski definition) is 4. The molecule has 0 aliphatic carbocycles. The van der Waals surface area contributed by atoms with Crippen LogP contribution in [0.3, 0.4) is 0 Å². The number of thioether (sulfide) groups is 1. The van der Waals surface area contributed by atoms with Crippen molar-refractivity contribution in [1.82, 2.24) is 4.90 Å². The van der Waals surface area contributed by atoms with Crippen LogP contribution in [0.1, 0.15) is 25.0 Å². The zero-order valence-corrected chi connectivity index (χ0v) is 17.2. The fraction of sp³-hybridized carbons (Fsp3) is 0.562. The number of alkyl halides is 3. The maximum atomic E-state index is 12.9. The number of nitrogens with one attached hydrogen (secondary N) is 1. The number of halogens is 5. The van der Waals surface area contributed by atoms with Crippen molar-refractivity contribution >= 4 is 48.2 Å². The molecule has 1 aromatic rings. The number of carbonyl (C=O) groups excluding carboxylic acids is 1. The van der Waals surface area contributed by atoms with E-state index in [1.165, 1.54) is 17.8 Å². The van der Waals surface area contributed by atoms with Crippen LogP contribution in [-0.2, 0) is 17.5 Å². The van der Waals surface area contributed by atoms with E-state index in [-0.39, 0.29) is 48.7 Å². The SMILES string of the molecule is CCN(CC)CCSCC(=O)Nc1cc(CN)cc(C(F)(F)F)c1.Cl.Cl. The van der Waals surface area contributed by atoms with Crippen molar-refractivity contribution in [3.05, 3.63) is 29.3 Å². The third-order valence-corrected chi connectivity index (χ3v) is 4.46. The Morgan fingerprint density at radius 2 is 1.81 bits per heavy atom. The lowest BCUT2D eigenvalue weighted by atomic mass is 10.1. The monoisotopic (exact) mass is 435 g/mol. The van der Waals surface area contributed by atoms with Gasteiger partial charge in [-0.2, -0.15) is 24.9 Å². The molecule has 0 fully saturated rings. The first-order valence-electron chi connectivity index (χ1n) is 7.81. The summed E-state index contributed by atoms with van der Waals surface area (Å²) in [6.07, 6.45) is -4.47. The van der Waals surface area contributed by atoms with Crippen LogP contribution in [0.15, 0.2) is 18.2 Å². The van der Waals surface area contributed by atoms with Crippen LogP contribution in [0, 0.1) is 0 Å². The van der Waals surface area contributed by atoms with Gasteiger partial charge in [-0.05, 0) is 36.9 Å². The number of anilines is 1. The summed E-state index contributed by atoms with van der Waals surface area (Å²) < 4.78 is 38.6. The van der Waals surface area contributed by atoms with E-state index in [9.17, 15) is 18.0 Å². The lowest BCUT2D eigenvalue weighted by Crippen LogP contribution is -2.26. The molecule has 1 rings (SSSR count). The highest BCUT2D eigenvalue weighted by molar-refractivity contribution is 7.99. The predicted molar refractivity (Wildman–Crippen MR) is 108 cm³/mol. The van der Waals surface area contributed by atoms with Crippen molar-refractivity contribution in [2.75, 3.05) is 36.5 Å². The number of carbonyl (C=O) groups is 1. The summed E-state index contributed by atoms with van der Waals surface area (Å²) in [4.78, 5) is 14.1. The van der Waals surface area contributed by atoms with Gasteiger partial charge < -0.3 is 16.0 Å². The first-order chi connectivity index (χ1) is 11.3. The third-order valence-electron chi connectivity index (χ3n) is 3.52. The summed E-state index contributed by atoms with van der Waals surface area (Å²) in [7, 11) is 0. The lowest BCUT2D eigenvalue weighted by molar-refractivity contribution is -0.137. The molecule has 1 amide bonds. The van der Waals surface area contributed by atoms with Crippen molar-refractivity contribution in [2.24, 2.45) is 5.73 Å². The maximum Gasteiger partial charge on any atom is 0.416 e. The van der Waals surface area contributed by atoms with Crippen molar-refractivity contribution in [3.63, 3.8) is 0 Å². The normalized spacial score (nSPS) is 10.9. The van der Waals surface area contributed by atoms with Crippen LogP contribution in [0.2, 0.25) is 0 Å². The molecule has 0 spiro atoms. The van der Waals surface area contributed by atoms with E-state index in [0.717, 1.165) is 37.5 Å². The second-order valence-corrected chi connectivity index (χ2v) is 6.35. The minimum absolute atomic E-state index is 0. The molecular weight excluding hydrogens is 410 g/mol. The molecule has 3 N–H and O–H groups in total. The summed E-state index contributed by atoms with van der Waals surface area (Å²) in [5.41, 5.74) is 5.07. The van der Waals surface area contributed by atoms with Gasteiger partial charge >= 0.3 is 6.18 Å². The highest BCUT2D eigenvalue weighted by atomic mass is 35.5. The molecule has 0 atom stereocenters. The van der Waals surface area contributed by atoms with E-state index in [2.05, 4.69) is 24.1 Å². The second-order valence-electron chi connectivity index (χ2n) is 5.25. The summed E-state index contributed by atoms with van der Waals surface area (Å²) in [5, 5.41) is 2.52. The largest absolute Gasteiger partial charge is 0.416 e. The quantitative estimate of drug-likeness (QED) is 0.575. The Hall–Kier alpha value is -0.670. The molecule has 4 nitrogen and oxygen atoms in total. The maximum absolute atomic E-state index is 12.9. The van der Waals surface area contributed by atoms with Gasteiger partial charge in [0.15, 0.2) is 0 Å². The zero-order valence-electron chi connectivity index (χ0n) is 14.8. The topological polar surface area (TPSA) is 58.4 Å². The molecule has 0 radical (unpaired) electrons.